The molecular weight excluding hydrogens is 136 g/mol. The zero-order valence-electron chi connectivity index (χ0n) is 7.39. The highest BCUT2D eigenvalue weighted by molar-refractivity contribution is 5.50. The Labute approximate surface area is 69.2 Å². The molecule has 0 aliphatic rings. The maximum Gasteiger partial charge on any atom is 0.121 e. The molecule has 0 rings (SSSR count). The molecule has 0 bridgehead atoms. The Balaban J connectivity index is 3.42. The lowest BCUT2D eigenvalue weighted by molar-refractivity contribution is -0.108. The van der Waals surface area contributed by atoms with Gasteiger partial charge in [0, 0.05) is 18.8 Å². The standard InChI is InChI=1S/C10H16O/c1-3-4-5-6-7-10(2)8-9-11/h9-10H,3-5,8H2,1-2H3. The first kappa shape index (κ1) is 10.2. The zero-order chi connectivity index (χ0) is 8.53. The van der Waals surface area contributed by atoms with E-state index in [0.717, 1.165) is 12.7 Å². The zero-order valence-corrected chi connectivity index (χ0v) is 7.39. The minimum absolute atomic E-state index is 0.240. The minimum Gasteiger partial charge on any atom is -0.303 e. The third-order valence-electron chi connectivity index (χ3n) is 1.45. The van der Waals surface area contributed by atoms with Gasteiger partial charge in [-0.15, -0.1) is 5.92 Å². The molecule has 0 amide bonds. The van der Waals surface area contributed by atoms with Crippen LogP contribution in [0.2, 0.25) is 0 Å². The Hall–Kier alpha value is -0.770. The van der Waals surface area contributed by atoms with Gasteiger partial charge in [-0.25, -0.2) is 0 Å². The monoisotopic (exact) mass is 152 g/mol. The van der Waals surface area contributed by atoms with Gasteiger partial charge in [0.1, 0.15) is 6.29 Å². The third-order valence-corrected chi connectivity index (χ3v) is 1.45. The number of hydrogen-bond acceptors (Lipinski definition) is 1. The van der Waals surface area contributed by atoms with Crippen LogP contribution in [0.15, 0.2) is 0 Å². The van der Waals surface area contributed by atoms with Gasteiger partial charge in [-0.3, -0.25) is 0 Å². The molecule has 0 aliphatic heterocycles. The van der Waals surface area contributed by atoms with E-state index in [4.69, 9.17) is 0 Å². The summed E-state index contributed by atoms with van der Waals surface area (Å²) in [5.41, 5.74) is 0. The van der Waals surface area contributed by atoms with E-state index >= 15 is 0 Å². The molecule has 1 atom stereocenters. The molecule has 0 saturated heterocycles. The van der Waals surface area contributed by atoms with Crippen LogP contribution in [0.1, 0.15) is 39.5 Å². The van der Waals surface area contributed by atoms with Crippen molar-refractivity contribution in [2.45, 2.75) is 39.5 Å². The molecule has 0 heterocycles. The molecule has 0 spiro atoms. The van der Waals surface area contributed by atoms with E-state index in [2.05, 4.69) is 18.8 Å². The molecule has 0 saturated carbocycles. The lowest BCUT2D eigenvalue weighted by Crippen LogP contribution is -1.89. The summed E-state index contributed by atoms with van der Waals surface area (Å²) in [6, 6.07) is 0. The van der Waals surface area contributed by atoms with Crippen LogP contribution in [0.5, 0.6) is 0 Å². The summed E-state index contributed by atoms with van der Waals surface area (Å²) >= 11 is 0. The van der Waals surface area contributed by atoms with Gasteiger partial charge in [0.25, 0.3) is 0 Å². The SMILES string of the molecule is CCCCC#CC(C)CC=O. The molecule has 0 N–H and O–H groups in total. The van der Waals surface area contributed by atoms with Gasteiger partial charge < -0.3 is 4.79 Å². The highest BCUT2D eigenvalue weighted by atomic mass is 16.1. The number of unbranched alkanes of at least 4 members (excludes halogenated alkanes) is 2. The van der Waals surface area contributed by atoms with Gasteiger partial charge in [0.2, 0.25) is 0 Å². The van der Waals surface area contributed by atoms with E-state index in [1.54, 1.807) is 0 Å². The van der Waals surface area contributed by atoms with Gasteiger partial charge in [0.15, 0.2) is 0 Å². The number of hydrogen-bond donors (Lipinski definition) is 0. The quantitative estimate of drug-likeness (QED) is 0.343. The van der Waals surface area contributed by atoms with Crippen LogP contribution < -0.4 is 0 Å². The van der Waals surface area contributed by atoms with Crippen LogP contribution in [-0.2, 0) is 4.79 Å². The smallest absolute Gasteiger partial charge is 0.121 e. The molecule has 0 aromatic carbocycles. The highest BCUT2D eigenvalue weighted by Crippen LogP contribution is 1.97. The molecule has 0 aromatic rings. The molecule has 1 unspecified atom stereocenters. The van der Waals surface area contributed by atoms with Crippen LogP contribution >= 0.6 is 0 Å². The number of rotatable bonds is 4. The fourth-order valence-corrected chi connectivity index (χ4v) is 0.715. The second-order valence-electron chi connectivity index (χ2n) is 2.73. The van der Waals surface area contributed by atoms with Gasteiger partial charge >= 0.3 is 0 Å². The van der Waals surface area contributed by atoms with Gasteiger partial charge in [0.05, 0.1) is 0 Å². The van der Waals surface area contributed by atoms with Gasteiger partial charge in [-0.1, -0.05) is 26.2 Å². The topological polar surface area (TPSA) is 17.1 Å². The summed E-state index contributed by atoms with van der Waals surface area (Å²) < 4.78 is 0. The lowest BCUT2D eigenvalue weighted by atomic mass is 10.1. The van der Waals surface area contributed by atoms with E-state index < -0.39 is 0 Å². The number of aldehydes is 1. The van der Waals surface area contributed by atoms with Crippen LogP contribution in [0.4, 0.5) is 0 Å². The number of carbonyl (C=O) groups excluding carboxylic acids is 1. The largest absolute Gasteiger partial charge is 0.303 e. The summed E-state index contributed by atoms with van der Waals surface area (Å²) in [7, 11) is 0. The summed E-state index contributed by atoms with van der Waals surface area (Å²) in [5, 5.41) is 0. The third kappa shape index (κ3) is 7.12. The second kappa shape index (κ2) is 7.34. The Morgan fingerprint density at radius 1 is 1.55 bits per heavy atom. The maximum atomic E-state index is 10.0. The van der Waals surface area contributed by atoms with Crippen molar-refractivity contribution in [1.82, 2.24) is 0 Å². The molecule has 11 heavy (non-hydrogen) atoms. The van der Waals surface area contributed by atoms with E-state index in [-0.39, 0.29) is 5.92 Å². The number of carbonyl (C=O) groups is 1. The average molecular weight is 152 g/mol. The van der Waals surface area contributed by atoms with E-state index in [9.17, 15) is 4.79 Å². The summed E-state index contributed by atoms with van der Waals surface area (Å²) in [5.74, 6) is 6.34. The van der Waals surface area contributed by atoms with E-state index in [0.29, 0.717) is 6.42 Å². The lowest BCUT2D eigenvalue weighted by Gasteiger charge is -1.93. The highest BCUT2D eigenvalue weighted by Gasteiger charge is 1.92. The minimum atomic E-state index is 0.240. The second-order valence-corrected chi connectivity index (χ2v) is 2.73. The van der Waals surface area contributed by atoms with Crippen molar-refractivity contribution in [1.29, 1.82) is 0 Å². The molecule has 1 heteroatoms. The predicted molar refractivity (Wildman–Crippen MR) is 47.1 cm³/mol. The molecule has 0 fully saturated rings. The van der Waals surface area contributed by atoms with Gasteiger partial charge in [-0.05, 0) is 6.42 Å². The van der Waals surface area contributed by atoms with Crippen molar-refractivity contribution < 1.29 is 4.79 Å². The van der Waals surface area contributed by atoms with Gasteiger partial charge in [-0.2, -0.15) is 0 Å². The van der Waals surface area contributed by atoms with Crippen molar-refractivity contribution in [3.63, 3.8) is 0 Å². The summed E-state index contributed by atoms with van der Waals surface area (Å²) in [6.45, 7) is 4.13. The van der Waals surface area contributed by atoms with Crippen molar-refractivity contribution in [2.75, 3.05) is 0 Å². The van der Waals surface area contributed by atoms with Crippen molar-refractivity contribution in [3.05, 3.63) is 0 Å². The Morgan fingerprint density at radius 2 is 2.27 bits per heavy atom. The first-order valence-corrected chi connectivity index (χ1v) is 4.23. The van der Waals surface area contributed by atoms with Crippen molar-refractivity contribution >= 4 is 6.29 Å². The Bertz CT molecular complexity index is 150. The van der Waals surface area contributed by atoms with Crippen LogP contribution in [0.25, 0.3) is 0 Å². The van der Waals surface area contributed by atoms with Crippen LogP contribution in [-0.4, -0.2) is 6.29 Å². The maximum absolute atomic E-state index is 10.0. The summed E-state index contributed by atoms with van der Waals surface area (Å²) in [4.78, 5) is 10.0. The molecule has 0 radical (unpaired) electrons. The molecule has 0 aliphatic carbocycles. The van der Waals surface area contributed by atoms with Crippen LogP contribution in [0.3, 0.4) is 0 Å². The fourth-order valence-electron chi connectivity index (χ4n) is 0.715. The molecule has 62 valence electrons. The van der Waals surface area contributed by atoms with Crippen molar-refractivity contribution in [2.24, 2.45) is 5.92 Å². The Kier molecular flexibility index (Phi) is 6.82. The van der Waals surface area contributed by atoms with E-state index in [1.807, 2.05) is 6.92 Å². The van der Waals surface area contributed by atoms with Crippen LogP contribution in [0, 0.1) is 17.8 Å². The predicted octanol–water partition coefficient (Wildman–Crippen LogP) is 2.41. The molecule has 1 nitrogen and oxygen atoms in total. The van der Waals surface area contributed by atoms with Crippen molar-refractivity contribution in [3.8, 4) is 11.8 Å². The first-order valence-electron chi connectivity index (χ1n) is 4.23. The normalized spacial score (nSPS) is 11.5. The average Bonchev–Trinajstić information content (AvgIpc) is 1.99. The summed E-state index contributed by atoms with van der Waals surface area (Å²) in [6.07, 6.45) is 4.83. The first-order chi connectivity index (χ1) is 5.31. The fraction of sp³-hybridized carbons (Fsp3) is 0.700. The Morgan fingerprint density at radius 3 is 2.82 bits per heavy atom. The molecule has 0 aromatic heterocycles. The van der Waals surface area contributed by atoms with E-state index in [1.165, 1.54) is 12.8 Å². The molecular formula is C10H16O.